The highest BCUT2D eigenvalue weighted by atomic mass is 19.1. The number of hydrogen-bond acceptors (Lipinski definition) is 3. The van der Waals surface area contributed by atoms with Gasteiger partial charge in [0.15, 0.2) is 0 Å². The van der Waals surface area contributed by atoms with E-state index < -0.39 is 12.4 Å². The molecular formula is C25H43FN2O. The van der Waals surface area contributed by atoms with Gasteiger partial charge < -0.3 is 15.7 Å². The van der Waals surface area contributed by atoms with Gasteiger partial charge in [0.2, 0.25) is 0 Å². The molecule has 2 saturated carbocycles. The topological polar surface area (TPSA) is 49.5 Å². The van der Waals surface area contributed by atoms with Gasteiger partial charge in [-0.3, -0.25) is 0 Å². The second-order valence-electron chi connectivity index (χ2n) is 10.6. The summed E-state index contributed by atoms with van der Waals surface area (Å²) in [4.78, 5) is 2.73. The number of aliphatic hydroxyl groups is 1. The summed E-state index contributed by atoms with van der Waals surface area (Å²) in [5, 5.41) is 9.57. The molecule has 4 rings (SSSR count). The first kappa shape index (κ1) is 21.6. The Kier molecular flexibility index (Phi) is 7.55. The maximum absolute atomic E-state index is 14.0. The van der Waals surface area contributed by atoms with E-state index in [4.69, 9.17) is 5.73 Å². The number of nitrogens with two attached hydrogens (primary N) is 1. The molecule has 5 unspecified atom stereocenters. The molecule has 4 aliphatic rings. The smallest absolute Gasteiger partial charge is 0.103 e. The van der Waals surface area contributed by atoms with Crippen LogP contribution in [0.5, 0.6) is 0 Å². The fourth-order valence-electron chi connectivity index (χ4n) is 6.86. The van der Waals surface area contributed by atoms with Crippen molar-refractivity contribution in [3.63, 3.8) is 0 Å². The van der Waals surface area contributed by atoms with Crippen molar-refractivity contribution in [3.05, 3.63) is 11.8 Å². The van der Waals surface area contributed by atoms with Gasteiger partial charge in [-0.2, -0.15) is 0 Å². The second kappa shape index (κ2) is 10.1. The van der Waals surface area contributed by atoms with Crippen LogP contribution in [0.4, 0.5) is 4.39 Å². The van der Waals surface area contributed by atoms with E-state index in [0.717, 1.165) is 43.6 Å². The van der Waals surface area contributed by atoms with Crippen molar-refractivity contribution in [2.45, 2.75) is 115 Å². The van der Waals surface area contributed by atoms with E-state index in [2.05, 4.69) is 11.0 Å². The Labute approximate surface area is 177 Å². The molecule has 29 heavy (non-hydrogen) atoms. The minimum atomic E-state index is -0.681. The monoisotopic (exact) mass is 406 g/mol. The molecule has 3 nitrogen and oxygen atoms in total. The first-order chi connectivity index (χ1) is 14.1. The first-order valence-corrected chi connectivity index (χ1v) is 12.7. The summed E-state index contributed by atoms with van der Waals surface area (Å²) >= 11 is 0. The summed E-state index contributed by atoms with van der Waals surface area (Å²) < 4.78 is 14.0. The molecule has 0 amide bonds. The van der Waals surface area contributed by atoms with Crippen molar-refractivity contribution in [2.75, 3.05) is 6.54 Å². The number of rotatable bonds is 7. The van der Waals surface area contributed by atoms with Gasteiger partial charge in [0, 0.05) is 24.2 Å². The van der Waals surface area contributed by atoms with Gasteiger partial charge >= 0.3 is 0 Å². The molecule has 1 aliphatic heterocycles. The molecule has 0 aromatic carbocycles. The van der Waals surface area contributed by atoms with E-state index in [1.54, 1.807) is 5.70 Å². The quantitative estimate of drug-likeness (QED) is 0.547. The Bertz CT molecular complexity index is 543. The minimum Gasteiger partial charge on any atom is -0.379 e. The predicted octanol–water partition coefficient (Wildman–Crippen LogP) is 5.53. The molecule has 3 N–H and O–H groups in total. The molecule has 0 aromatic rings. The zero-order chi connectivity index (χ0) is 20.2. The van der Waals surface area contributed by atoms with Crippen LogP contribution < -0.4 is 5.73 Å². The zero-order valence-electron chi connectivity index (χ0n) is 18.3. The number of hydrogen-bond donors (Lipinski definition) is 2. The number of likely N-dealkylation sites (tertiary alicyclic amines) is 1. The van der Waals surface area contributed by atoms with E-state index in [-0.39, 0.29) is 0 Å². The van der Waals surface area contributed by atoms with Crippen LogP contribution in [-0.4, -0.2) is 35.0 Å². The van der Waals surface area contributed by atoms with Crippen LogP contribution in [-0.2, 0) is 0 Å². The maximum atomic E-state index is 14.0. The van der Waals surface area contributed by atoms with Crippen LogP contribution in [0.2, 0.25) is 0 Å². The van der Waals surface area contributed by atoms with E-state index in [1.807, 2.05) is 0 Å². The van der Waals surface area contributed by atoms with Gasteiger partial charge in [-0.05, 0) is 88.4 Å². The standard InChI is InChI=1S/C25H43FN2O/c26-23-7-2-1-5-20(23)6-3-4-18-9-12-22(13-10-18)28-15-14-21-11-8-19(16-24(21)28)17-25(27)29/h16,18-23,25,29H,1-15,17,27H2. The van der Waals surface area contributed by atoms with E-state index in [1.165, 1.54) is 70.8 Å². The lowest BCUT2D eigenvalue weighted by Crippen LogP contribution is -2.36. The average Bonchev–Trinajstić information content (AvgIpc) is 3.13. The van der Waals surface area contributed by atoms with E-state index in [9.17, 15) is 9.50 Å². The summed E-state index contributed by atoms with van der Waals surface area (Å²) in [7, 11) is 0. The fourth-order valence-corrected chi connectivity index (χ4v) is 6.86. The number of aliphatic hydroxyl groups excluding tert-OH is 1. The molecule has 3 aliphatic carbocycles. The van der Waals surface area contributed by atoms with Gasteiger partial charge in [0.1, 0.15) is 12.4 Å². The van der Waals surface area contributed by atoms with Crippen molar-refractivity contribution < 1.29 is 9.50 Å². The van der Waals surface area contributed by atoms with E-state index in [0.29, 0.717) is 18.3 Å². The lowest BCUT2D eigenvalue weighted by Gasteiger charge is -2.39. The maximum Gasteiger partial charge on any atom is 0.103 e. The summed E-state index contributed by atoms with van der Waals surface area (Å²) in [6.07, 6.45) is 19.1. The fraction of sp³-hybridized carbons (Fsp3) is 0.920. The van der Waals surface area contributed by atoms with Crippen LogP contribution in [0.15, 0.2) is 11.8 Å². The van der Waals surface area contributed by atoms with E-state index >= 15 is 0 Å². The zero-order valence-corrected chi connectivity index (χ0v) is 18.3. The molecule has 4 heteroatoms. The van der Waals surface area contributed by atoms with Gasteiger partial charge in [-0.25, -0.2) is 4.39 Å². The largest absolute Gasteiger partial charge is 0.379 e. The normalized spacial score (nSPS) is 39.1. The van der Waals surface area contributed by atoms with Crippen molar-refractivity contribution in [2.24, 2.45) is 29.4 Å². The van der Waals surface area contributed by atoms with Gasteiger partial charge in [0.25, 0.3) is 0 Å². The minimum absolute atomic E-state index is 0.361. The van der Waals surface area contributed by atoms with Crippen LogP contribution in [0, 0.1) is 23.7 Å². The summed E-state index contributed by atoms with van der Waals surface area (Å²) in [6, 6.07) is 0.720. The predicted molar refractivity (Wildman–Crippen MR) is 117 cm³/mol. The Morgan fingerprint density at radius 2 is 1.79 bits per heavy atom. The lowest BCUT2D eigenvalue weighted by atomic mass is 9.79. The Morgan fingerprint density at radius 3 is 2.55 bits per heavy atom. The van der Waals surface area contributed by atoms with Crippen LogP contribution in [0.1, 0.15) is 96.3 Å². The molecule has 0 aromatic heterocycles. The van der Waals surface area contributed by atoms with Crippen molar-refractivity contribution in [1.29, 1.82) is 0 Å². The van der Waals surface area contributed by atoms with Crippen molar-refractivity contribution in [1.82, 2.24) is 4.90 Å². The summed E-state index contributed by atoms with van der Waals surface area (Å²) in [5.41, 5.74) is 7.22. The van der Waals surface area contributed by atoms with Crippen LogP contribution in [0.25, 0.3) is 0 Å². The Hall–Kier alpha value is -0.610. The molecule has 166 valence electrons. The van der Waals surface area contributed by atoms with Gasteiger partial charge in [-0.15, -0.1) is 0 Å². The first-order valence-electron chi connectivity index (χ1n) is 12.7. The van der Waals surface area contributed by atoms with Crippen molar-refractivity contribution >= 4 is 0 Å². The molecule has 1 heterocycles. The van der Waals surface area contributed by atoms with Gasteiger partial charge in [-0.1, -0.05) is 31.8 Å². The molecule has 5 atom stereocenters. The second-order valence-corrected chi connectivity index (χ2v) is 10.6. The lowest BCUT2D eigenvalue weighted by molar-refractivity contribution is 0.144. The van der Waals surface area contributed by atoms with Crippen LogP contribution in [0.3, 0.4) is 0 Å². The number of nitrogens with zero attached hydrogens (tertiary/aromatic N) is 1. The number of fused-ring (bicyclic) bond motifs is 1. The summed E-state index contributed by atoms with van der Waals surface area (Å²) in [5.74, 6) is 2.44. The number of alkyl halides is 1. The average molecular weight is 407 g/mol. The molecular weight excluding hydrogens is 363 g/mol. The third kappa shape index (κ3) is 5.55. The molecule has 0 bridgehead atoms. The summed E-state index contributed by atoms with van der Waals surface area (Å²) in [6.45, 7) is 1.23. The Balaban J connectivity index is 1.21. The van der Waals surface area contributed by atoms with Gasteiger partial charge in [0.05, 0.1) is 0 Å². The molecule has 0 radical (unpaired) electrons. The molecule has 0 spiro atoms. The highest BCUT2D eigenvalue weighted by Crippen LogP contribution is 2.43. The number of allylic oxidation sites excluding steroid dienone is 2. The van der Waals surface area contributed by atoms with Crippen LogP contribution >= 0.6 is 0 Å². The van der Waals surface area contributed by atoms with Crippen molar-refractivity contribution in [3.8, 4) is 0 Å². The highest BCUT2D eigenvalue weighted by Gasteiger charge is 2.37. The molecule has 1 saturated heterocycles. The molecule has 3 fully saturated rings. The SMILES string of the molecule is NC(O)CC1C=C2C(CC1)CCN2C1CCC(CCCC2CCCCC2F)CC1. The third-order valence-electron chi connectivity index (χ3n) is 8.57. The number of halogens is 1. The third-order valence-corrected chi connectivity index (χ3v) is 8.57. The highest BCUT2D eigenvalue weighted by molar-refractivity contribution is 5.17. The Morgan fingerprint density at radius 1 is 1.00 bits per heavy atom.